The molecule has 0 saturated carbocycles. The van der Waals surface area contributed by atoms with Crippen molar-refractivity contribution in [2.24, 2.45) is 5.92 Å². The summed E-state index contributed by atoms with van der Waals surface area (Å²) in [6.07, 6.45) is 6.14. The van der Waals surface area contributed by atoms with Gasteiger partial charge in [0.25, 0.3) is 5.91 Å². The quantitative estimate of drug-likeness (QED) is 0.888. The van der Waals surface area contributed by atoms with Crippen LogP contribution < -0.4 is 5.32 Å². The van der Waals surface area contributed by atoms with Gasteiger partial charge >= 0.3 is 0 Å². The van der Waals surface area contributed by atoms with Crippen LogP contribution in [0.15, 0.2) is 36.8 Å². The van der Waals surface area contributed by atoms with Crippen LogP contribution in [0.4, 0.5) is 0 Å². The molecule has 0 aliphatic rings. The fourth-order valence-corrected chi connectivity index (χ4v) is 2.33. The second-order valence-corrected chi connectivity index (χ2v) is 5.42. The van der Waals surface area contributed by atoms with Crippen LogP contribution in [0.3, 0.4) is 0 Å². The number of carbonyl (C=O) groups is 1. The average Bonchev–Trinajstić information content (AvgIpc) is 2.94. The van der Waals surface area contributed by atoms with E-state index in [1.165, 1.54) is 0 Å². The molecule has 0 saturated heterocycles. The maximum Gasteiger partial charge on any atom is 0.270 e. The van der Waals surface area contributed by atoms with Crippen molar-refractivity contribution < 1.29 is 4.79 Å². The molecule has 2 aromatic rings. The summed E-state index contributed by atoms with van der Waals surface area (Å²) in [6.45, 7) is 6.98. The molecule has 0 aromatic carbocycles. The lowest BCUT2D eigenvalue weighted by Crippen LogP contribution is -2.33. The van der Waals surface area contributed by atoms with Crippen LogP contribution in [0.5, 0.6) is 0 Å². The monoisotopic (exact) mass is 286 g/mol. The van der Waals surface area contributed by atoms with Crippen molar-refractivity contribution in [1.29, 1.82) is 0 Å². The molecule has 0 bridgehead atoms. The van der Waals surface area contributed by atoms with E-state index in [2.05, 4.69) is 36.2 Å². The van der Waals surface area contributed by atoms with Crippen LogP contribution >= 0.6 is 0 Å². The van der Waals surface area contributed by atoms with Crippen molar-refractivity contribution >= 4 is 5.91 Å². The number of hydrogen-bond donors (Lipinski definition) is 1. The molecule has 21 heavy (non-hydrogen) atoms. The van der Waals surface area contributed by atoms with E-state index in [4.69, 9.17) is 0 Å². The number of aromatic nitrogens is 3. The second-order valence-electron chi connectivity index (χ2n) is 5.42. The molecule has 2 aromatic heterocycles. The first-order valence-corrected chi connectivity index (χ1v) is 7.36. The van der Waals surface area contributed by atoms with E-state index in [0.717, 1.165) is 18.5 Å². The molecule has 0 fully saturated rings. The highest BCUT2D eigenvalue weighted by atomic mass is 16.2. The third-order valence-corrected chi connectivity index (χ3v) is 3.38. The van der Waals surface area contributed by atoms with Crippen LogP contribution in [0.25, 0.3) is 0 Å². The summed E-state index contributed by atoms with van der Waals surface area (Å²) in [5.74, 6) is 0.184. The Morgan fingerprint density at radius 3 is 2.76 bits per heavy atom. The number of hydrogen-bond acceptors (Lipinski definition) is 3. The Bertz CT molecular complexity index is 577. The summed E-state index contributed by atoms with van der Waals surface area (Å²) in [6, 6.07) is 5.57. The molecule has 0 unspecified atom stereocenters. The van der Waals surface area contributed by atoms with E-state index >= 15 is 0 Å². The zero-order valence-corrected chi connectivity index (χ0v) is 12.8. The molecular weight excluding hydrogens is 264 g/mol. The van der Waals surface area contributed by atoms with Gasteiger partial charge in [-0.25, -0.2) is 0 Å². The zero-order valence-electron chi connectivity index (χ0n) is 12.8. The minimum Gasteiger partial charge on any atom is -0.344 e. The van der Waals surface area contributed by atoms with E-state index in [1.54, 1.807) is 29.3 Å². The van der Waals surface area contributed by atoms with Gasteiger partial charge in [-0.05, 0) is 30.0 Å². The van der Waals surface area contributed by atoms with Crippen molar-refractivity contribution in [1.82, 2.24) is 20.1 Å². The molecule has 0 spiro atoms. The first kappa shape index (κ1) is 15.2. The number of pyridine rings is 1. The van der Waals surface area contributed by atoms with Gasteiger partial charge in [0, 0.05) is 25.1 Å². The number of amides is 1. The lowest BCUT2D eigenvalue weighted by Gasteiger charge is -2.22. The third kappa shape index (κ3) is 3.68. The van der Waals surface area contributed by atoms with Crippen LogP contribution in [0.2, 0.25) is 0 Å². The van der Waals surface area contributed by atoms with Gasteiger partial charge in [-0.15, -0.1) is 0 Å². The predicted molar refractivity (Wildman–Crippen MR) is 81.8 cm³/mol. The normalized spacial score (nSPS) is 12.4. The summed E-state index contributed by atoms with van der Waals surface area (Å²) in [5.41, 5.74) is 1.62. The van der Waals surface area contributed by atoms with Crippen LogP contribution in [-0.2, 0) is 6.54 Å². The van der Waals surface area contributed by atoms with E-state index in [0.29, 0.717) is 5.69 Å². The summed E-state index contributed by atoms with van der Waals surface area (Å²) in [4.78, 5) is 16.6. The van der Waals surface area contributed by atoms with E-state index in [9.17, 15) is 4.79 Å². The molecule has 2 rings (SSSR count). The van der Waals surface area contributed by atoms with Gasteiger partial charge in [0.05, 0.1) is 6.04 Å². The lowest BCUT2D eigenvalue weighted by molar-refractivity contribution is 0.0914. The topological polar surface area (TPSA) is 59.8 Å². The standard InChI is InChI=1S/C16H22N4O/c1-4-10-20-14(7-9-18-20)16(21)19-15(12(2)3)13-6-5-8-17-11-13/h5-9,11-12,15H,4,10H2,1-3H3,(H,19,21)/t15-/m0/s1. The van der Waals surface area contributed by atoms with Crippen LogP contribution in [-0.4, -0.2) is 20.7 Å². The van der Waals surface area contributed by atoms with Crippen molar-refractivity contribution in [3.63, 3.8) is 0 Å². The summed E-state index contributed by atoms with van der Waals surface area (Å²) in [7, 11) is 0. The van der Waals surface area contributed by atoms with Gasteiger partial charge in [-0.2, -0.15) is 5.10 Å². The van der Waals surface area contributed by atoms with E-state index in [-0.39, 0.29) is 17.9 Å². The Morgan fingerprint density at radius 2 is 2.14 bits per heavy atom. The molecule has 1 amide bonds. The number of nitrogens with one attached hydrogen (secondary N) is 1. The highest BCUT2D eigenvalue weighted by molar-refractivity contribution is 5.92. The Morgan fingerprint density at radius 1 is 1.33 bits per heavy atom. The molecule has 0 radical (unpaired) electrons. The van der Waals surface area contributed by atoms with Gasteiger partial charge < -0.3 is 5.32 Å². The van der Waals surface area contributed by atoms with Crippen molar-refractivity contribution in [3.8, 4) is 0 Å². The minimum atomic E-state index is -0.0940. The lowest BCUT2D eigenvalue weighted by atomic mass is 9.97. The third-order valence-electron chi connectivity index (χ3n) is 3.38. The van der Waals surface area contributed by atoms with Gasteiger partial charge in [0.2, 0.25) is 0 Å². The first-order chi connectivity index (χ1) is 10.1. The highest BCUT2D eigenvalue weighted by Crippen LogP contribution is 2.21. The molecule has 1 N–H and O–H groups in total. The highest BCUT2D eigenvalue weighted by Gasteiger charge is 2.21. The maximum absolute atomic E-state index is 12.5. The fourth-order valence-electron chi connectivity index (χ4n) is 2.33. The Labute approximate surface area is 125 Å². The summed E-state index contributed by atoms with van der Waals surface area (Å²) >= 11 is 0. The SMILES string of the molecule is CCCn1nccc1C(=O)N[C@H](c1cccnc1)C(C)C. The fraction of sp³-hybridized carbons (Fsp3) is 0.438. The van der Waals surface area contributed by atoms with Crippen LogP contribution in [0, 0.1) is 5.92 Å². The van der Waals surface area contributed by atoms with Gasteiger partial charge in [0.1, 0.15) is 5.69 Å². The van der Waals surface area contributed by atoms with Crippen molar-refractivity contribution in [2.45, 2.75) is 39.8 Å². The van der Waals surface area contributed by atoms with Gasteiger partial charge in [0.15, 0.2) is 0 Å². The molecule has 5 heteroatoms. The predicted octanol–water partition coefficient (Wildman–Crippen LogP) is 2.82. The van der Waals surface area contributed by atoms with Gasteiger partial charge in [-0.1, -0.05) is 26.8 Å². The smallest absolute Gasteiger partial charge is 0.270 e. The Balaban J connectivity index is 2.17. The molecule has 1 atom stereocenters. The molecule has 0 aliphatic heterocycles. The number of aryl methyl sites for hydroxylation is 1. The number of nitrogens with zero attached hydrogens (tertiary/aromatic N) is 3. The average molecular weight is 286 g/mol. The molecule has 5 nitrogen and oxygen atoms in total. The zero-order chi connectivity index (χ0) is 15.2. The van der Waals surface area contributed by atoms with E-state index < -0.39 is 0 Å². The van der Waals surface area contributed by atoms with Crippen LogP contribution in [0.1, 0.15) is 49.3 Å². The number of carbonyl (C=O) groups excluding carboxylic acids is 1. The van der Waals surface area contributed by atoms with E-state index in [1.807, 2.05) is 12.1 Å². The van der Waals surface area contributed by atoms with Crippen molar-refractivity contribution in [3.05, 3.63) is 48.0 Å². The molecule has 112 valence electrons. The maximum atomic E-state index is 12.5. The molecule has 0 aliphatic carbocycles. The number of rotatable bonds is 6. The summed E-state index contributed by atoms with van der Waals surface area (Å²) < 4.78 is 1.75. The minimum absolute atomic E-state index is 0.0591. The summed E-state index contributed by atoms with van der Waals surface area (Å²) in [5, 5.41) is 7.29. The first-order valence-electron chi connectivity index (χ1n) is 7.36. The Kier molecular flexibility index (Phi) is 5.09. The van der Waals surface area contributed by atoms with Gasteiger partial charge in [-0.3, -0.25) is 14.5 Å². The largest absolute Gasteiger partial charge is 0.344 e. The second kappa shape index (κ2) is 7.02. The molecular formula is C16H22N4O. The molecule has 2 heterocycles. The van der Waals surface area contributed by atoms with Crippen molar-refractivity contribution in [2.75, 3.05) is 0 Å². The Hall–Kier alpha value is -2.17.